The van der Waals surface area contributed by atoms with Crippen molar-refractivity contribution < 1.29 is 23.9 Å². The third kappa shape index (κ3) is 4.18. The molecule has 9 nitrogen and oxygen atoms in total. The lowest BCUT2D eigenvalue weighted by Crippen LogP contribution is -2.54. The Morgan fingerprint density at radius 3 is 2.56 bits per heavy atom. The van der Waals surface area contributed by atoms with E-state index in [4.69, 9.17) is 4.74 Å². The number of nitrogens with zero attached hydrogens (tertiary/aromatic N) is 3. The molecule has 0 bridgehead atoms. The van der Waals surface area contributed by atoms with Gasteiger partial charge in [0.15, 0.2) is 0 Å². The van der Waals surface area contributed by atoms with Gasteiger partial charge >= 0.3 is 6.03 Å². The maximum Gasteiger partial charge on any atom is 0.335 e. The number of nitrogens with one attached hydrogen (secondary N) is 1. The molecule has 3 heterocycles. The maximum atomic E-state index is 13.4. The molecule has 3 aromatic rings. The molecule has 2 aliphatic rings. The van der Waals surface area contributed by atoms with Crippen molar-refractivity contribution in [1.29, 1.82) is 0 Å². The smallest absolute Gasteiger partial charge is 0.335 e. The summed E-state index contributed by atoms with van der Waals surface area (Å²) < 4.78 is 7.15. The third-order valence-corrected chi connectivity index (χ3v) is 6.71. The summed E-state index contributed by atoms with van der Waals surface area (Å²) in [6.45, 7) is 5.96. The number of barbiturate groups is 1. The van der Waals surface area contributed by atoms with Gasteiger partial charge in [-0.25, -0.2) is 9.69 Å². The summed E-state index contributed by atoms with van der Waals surface area (Å²) in [4.78, 5) is 54.5. The molecule has 2 aliphatic heterocycles. The lowest BCUT2D eigenvalue weighted by Gasteiger charge is -2.28. The predicted molar refractivity (Wildman–Crippen MR) is 134 cm³/mol. The van der Waals surface area contributed by atoms with E-state index in [9.17, 15) is 19.2 Å². The minimum atomic E-state index is -0.783. The SMILES string of the molecule is Cc1cccc(N2C(=O)NC(=O)C(=Cc3cn(CC(=O)N4CCOCC4)c4ccccc34)C2=O)c1C. The number of morpholine rings is 1. The summed E-state index contributed by atoms with van der Waals surface area (Å²) in [5, 5.41) is 3.07. The highest BCUT2D eigenvalue weighted by molar-refractivity contribution is 6.39. The number of fused-ring (bicyclic) bond motifs is 1. The Kier molecular flexibility index (Phi) is 6.15. The molecule has 2 saturated heterocycles. The lowest BCUT2D eigenvalue weighted by atomic mass is 10.0. The zero-order valence-electron chi connectivity index (χ0n) is 20.1. The first-order valence-electron chi connectivity index (χ1n) is 11.8. The maximum absolute atomic E-state index is 13.4. The minimum Gasteiger partial charge on any atom is -0.378 e. The molecule has 2 aromatic carbocycles. The fourth-order valence-corrected chi connectivity index (χ4v) is 4.59. The number of para-hydroxylation sites is 1. The van der Waals surface area contributed by atoms with Crippen molar-refractivity contribution in [2.45, 2.75) is 20.4 Å². The molecule has 1 aromatic heterocycles. The molecule has 9 heteroatoms. The minimum absolute atomic E-state index is 0.0311. The molecular weight excluding hydrogens is 460 g/mol. The van der Waals surface area contributed by atoms with E-state index in [0.29, 0.717) is 37.6 Å². The van der Waals surface area contributed by atoms with Crippen LogP contribution in [0.1, 0.15) is 16.7 Å². The van der Waals surface area contributed by atoms with Gasteiger partial charge in [0.05, 0.1) is 18.9 Å². The van der Waals surface area contributed by atoms with E-state index in [1.54, 1.807) is 23.2 Å². The Labute approximate surface area is 207 Å². The molecule has 184 valence electrons. The summed E-state index contributed by atoms with van der Waals surface area (Å²) in [6, 6.07) is 12.0. The van der Waals surface area contributed by atoms with Crippen molar-refractivity contribution in [3.05, 3.63) is 70.9 Å². The molecule has 5 amide bonds. The summed E-state index contributed by atoms with van der Waals surface area (Å²) in [5.41, 5.74) is 3.37. The molecule has 0 atom stereocenters. The standard InChI is InChI=1S/C27H26N4O5/c1-17-6-5-9-22(18(17)2)31-26(34)21(25(33)28-27(31)35)14-19-15-30(23-8-4-3-7-20(19)23)16-24(32)29-10-12-36-13-11-29/h3-9,14-15H,10-13,16H2,1-2H3,(H,28,33,35). The van der Waals surface area contributed by atoms with Crippen LogP contribution in [-0.2, 0) is 25.7 Å². The van der Waals surface area contributed by atoms with Gasteiger partial charge in [0.1, 0.15) is 12.1 Å². The zero-order chi connectivity index (χ0) is 25.4. The van der Waals surface area contributed by atoms with Gasteiger partial charge in [0.2, 0.25) is 5.91 Å². The van der Waals surface area contributed by atoms with Crippen molar-refractivity contribution >= 4 is 46.4 Å². The number of urea groups is 1. The average molecular weight is 487 g/mol. The number of imide groups is 2. The largest absolute Gasteiger partial charge is 0.378 e. The fraction of sp³-hybridized carbons (Fsp3) is 0.259. The van der Waals surface area contributed by atoms with E-state index in [0.717, 1.165) is 26.9 Å². The molecule has 36 heavy (non-hydrogen) atoms. The van der Waals surface area contributed by atoms with Crippen molar-refractivity contribution in [1.82, 2.24) is 14.8 Å². The highest BCUT2D eigenvalue weighted by atomic mass is 16.5. The van der Waals surface area contributed by atoms with Gasteiger partial charge < -0.3 is 14.2 Å². The number of hydrogen-bond acceptors (Lipinski definition) is 5. The van der Waals surface area contributed by atoms with Crippen LogP contribution in [0.25, 0.3) is 17.0 Å². The van der Waals surface area contributed by atoms with Gasteiger partial charge in [0, 0.05) is 35.8 Å². The Hall–Kier alpha value is -4.24. The molecule has 0 unspecified atom stereocenters. The van der Waals surface area contributed by atoms with E-state index in [2.05, 4.69) is 5.32 Å². The fourth-order valence-electron chi connectivity index (χ4n) is 4.59. The second kappa shape index (κ2) is 9.43. The van der Waals surface area contributed by atoms with Crippen LogP contribution in [0, 0.1) is 13.8 Å². The third-order valence-electron chi connectivity index (χ3n) is 6.71. The molecule has 0 spiro atoms. The van der Waals surface area contributed by atoms with Crippen LogP contribution >= 0.6 is 0 Å². The Bertz CT molecular complexity index is 1430. The van der Waals surface area contributed by atoms with Crippen LogP contribution in [0.5, 0.6) is 0 Å². The average Bonchev–Trinajstić information content (AvgIpc) is 3.22. The molecular formula is C27H26N4O5. The number of aryl methyl sites for hydroxylation is 1. The van der Waals surface area contributed by atoms with E-state index in [-0.39, 0.29) is 18.0 Å². The van der Waals surface area contributed by atoms with Gasteiger partial charge in [-0.1, -0.05) is 30.3 Å². The van der Waals surface area contributed by atoms with E-state index in [1.165, 1.54) is 6.08 Å². The number of anilines is 1. The van der Waals surface area contributed by atoms with Crippen molar-refractivity contribution in [2.75, 3.05) is 31.2 Å². The number of carbonyl (C=O) groups is 4. The Morgan fingerprint density at radius 2 is 1.78 bits per heavy atom. The Balaban J connectivity index is 1.52. The highest BCUT2D eigenvalue weighted by Gasteiger charge is 2.37. The summed E-state index contributed by atoms with van der Waals surface area (Å²) in [6.07, 6.45) is 3.25. The van der Waals surface area contributed by atoms with Crippen molar-refractivity contribution in [3.63, 3.8) is 0 Å². The quantitative estimate of drug-likeness (QED) is 0.452. The molecule has 0 radical (unpaired) electrons. The van der Waals surface area contributed by atoms with Crippen LogP contribution in [0.4, 0.5) is 10.5 Å². The van der Waals surface area contributed by atoms with Gasteiger partial charge in [-0.2, -0.15) is 0 Å². The monoisotopic (exact) mass is 486 g/mol. The Morgan fingerprint density at radius 1 is 1.03 bits per heavy atom. The number of hydrogen-bond donors (Lipinski definition) is 1. The summed E-state index contributed by atoms with van der Waals surface area (Å²) in [7, 11) is 0. The molecule has 0 saturated carbocycles. The summed E-state index contributed by atoms with van der Waals surface area (Å²) in [5.74, 6) is -1.48. The van der Waals surface area contributed by atoms with Gasteiger partial charge in [-0.05, 0) is 43.2 Å². The van der Waals surface area contributed by atoms with Crippen LogP contribution in [0.3, 0.4) is 0 Å². The van der Waals surface area contributed by atoms with Crippen LogP contribution in [-0.4, -0.2) is 59.5 Å². The zero-order valence-corrected chi connectivity index (χ0v) is 20.1. The number of benzene rings is 2. The van der Waals surface area contributed by atoms with E-state index >= 15 is 0 Å². The van der Waals surface area contributed by atoms with Crippen molar-refractivity contribution in [2.24, 2.45) is 0 Å². The number of rotatable bonds is 4. The van der Waals surface area contributed by atoms with Gasteiger partial charge in [-0.3, -0.25) is 19.7 Å². The first-order chi connectivity index (χ1) is 17.3. The van der Waals surface area contributed by atoms with Gasteiger partial charge in [-0.15, -0.1) is 0 Å². The molecule has 0 aliphatic carbocycles. The number of carbonyl (C=O) groups excluding carboxylic acids is 4. The van der Waals surface area contributed by atoms with E-state index < -0.39 is 17.8 Å². The number of aromatic nitrogens is 1. The second-order valence-corrected chi connectivity index (χ2v) is 8.90. The van der Waals surface area contributed by atoms with Crippen LogP contribution < -0.4 is 10.2 Å². The molecule has 1 N–H and O–H groups in total. The summed E-state index contributed by atoms with van der Waals surface area (Å²) >= 11 is 0. The lowest BCUT2D eigenvalue weighted by molar-refractivity contribution is -0.135. The molecule has 5 rings (SSSR count). The van der Waals surface area contributed by atoms with Crippen LogP contribution in [0.2, 0.25) is 0 Å². The number of ether oxygens (including phenoxy) is 1. The molecule has 2 fully saturated rings. The topological polar surface area (TPSA) is 101 Å². The second-order valence-electron chi connectivity index (χ2n) is 8.90. The van der Waals surface area contributed by atoms with E-state index in [1.807, 2.05) is 48.7 Å². The van der Waals surface area contributed by atoms with Crippen LogP contribution in [0.15, 0.2) is 54.2 Å². The first kappa shape index (κ1) is 23.5. The van der Waals surface area contributed by atoms with Gasteiger partial charge in [0.25, 0.3) is 11.8 Å². The number of amides is 5. The normalized spacial score (nSPS) is 17.7. The predicted octanol–water partition coefficient (Wildman–Crippen LogP) is 2.78. The highest BCUT2D eigenvalue weighted by Crippen LogP contribution is 2.29. The van der Waals surface area contributed by atoms with Crippen molar-refractivity contribution in [3.8, 4) is 0 Å². The first-order valence-corrected chi connectivity index (χ1v) is 11.8.